The van der Waals surface area contributed by atoms with E-state index >= 15 is 0 Å². The second kappa shape index (κ2) is 3.36. The molecule has 1 aromatic rings. The molecule has 1 heterocycles. The predicted octanol–water partition coefficient (Wildman–Crippen LogP) is 0.787. The van der Waals surface area contributed by atoms with Crippen LogP contribution in [0.25, 0.3) is 0 Å². The first-order chi connectivity index (χ1) is 5.29. The van der Waals surface area contributed by atoms with Crippen molar-refractivity contribution in [3.63, 3.8) is 0 Å². The quantitative estimate of drug-likeness (QED) is 0.530. The van der Waals surface area contributed by atoms with Crippen LogP contribution in [-0.4, -0.2) is 13.1 Å². The van der Waals surface area contributed by atoms with Crippen molar-refractivity contribution >= 4 is 17.3 Å². The van der Waals surface area contributed by atoms with Crippen molar-refractivity contribution in [3.05, 3.63) is 16.3 Å². The second-order valence-corrected chi connectivity index (χ2v) is 2.64. The van der Waals surface area contributed by atoms with Crippen molar-refractivity contribution in [3.8, 4) is 5.75 Å². The molecule has 1 rings (SSSR count). The molecule has 11 heavy (non-hydrogen) atoms. The Morgan fingerprint density at radius 1 is 1.73 bits per heavy atom. The average molecular weight is 173 g/mol. The molecule has 0 bridgehead atoms. The van der Waals surface area contributed by atoms with Gasteiger partial charge in [0.2, 0.25) is 0 Å². The summed E-state index contributed by atoms with van der Waals surface area (Å²) >= 11 is 1.23. The van der Waals surface area contributed by atoms with Crippen LogP contribution in [0, 0.1) is 0 Å². The van der Waals surface area contributed by atoms with Crippen molar-refractivity contribution in [2.24, 2.45) is 5.90 Å². The maximum absolute atomic E-state index is 10.9. The van der Waals surface area contributed by atoms with E-state index in [4.69, 9.17) is 5.90 Å². The van der Waals surface area contributed by atoms with E-state index in [-0.39, 0.29) is 0 Å². The van der Waals surface area contributed by atoms with Crippen molar-refractivity contribution in [2.45, 2.75) is 0 Å². The molecular weight excluding hydrogens is 166 g/mol. The fourth-order valence-electron chi connectivity index (χ4n) is 0.632. The van der Waals surface area contributed by atoms with E-state index in [9.17, 15) is 4.79 Å². The van der Waals surface area contributed by atoms with Gasteiger partial charge in [0.15, 0.2) is 10.6 Å². The van der Waals surface area contributed by atoms with Gasteiger partial charge in [-0.15, -0.1) is 11.3 Å². The summed E-state index contributed by atoms with van der Waals surface area (Å²) in [6.07, 6.45) is 0. The Balaban J connectivity index is 2.92. The van der Waals surface area contributed by atoms with Gasteiger partial charge in [0.1, 0.15) is 0 Å². The van der Waals surface area contributed by atoms with Crippen LogP contribution < -0.4 is 10.7 Å². The van der Waals surface area contributed by atoms with Crippen LogP contribution in [0.3, 0.4) is 0 Å². The zero-order valence-corrected chi connectivity index (χ0v) is 6.68. The smallest absolute Gasteiger partial charge is 0.351 e. The number of hydrogen-bond donors (Lipinski definition) is 1. The lowest BCUT2D eigenvalue weighted by atomic mass is 10.4. The molecule has 0 unspecified atom stereocenters. The Bertz CT molecular complexity index is 258. The third-order valence-electron chi connectivity index (χ3n) is 1.13. The van der Waals surface area contributed by atoms with Gasteiger partial charge in [-0.25, -0.2) is 4.79 Å². The number of thiophene rings is 1. The highest BCUT2D eigenvalue weighted by atomic mass is 32.1. The summed E-state index contributed by atoms with van der Waals surface area (Å²) in [5.74, 6) is 4.81. The maximum Gasteiger partial charge on any atom is 0.351 e. The summed E-state index contributed by atoms with van der Waals surface area (Å²) in [5, 5.41) is 1.70. The van der Waals surface area contributed by atoms with Gasteiger partial charge in [0, 0.05) is 0 Å². The lowest BCUT2D eigenvalue weighted by Gasteiger charge is -1.97. The van der Waals surface area contributed by atoms with Crippen LogP contribution in [0.1, 0.15) is 9.67 Å². The number of ether oxygens (including phenoxy) is 1. The Labute approximate surface area is 67.5 Å². The molecule has 2 N–H and O–H groups in total. The fraction of sp³-hybridized carbons (Fsp3) is 0.167. The monoisotopic (exact) mass is 173 g/mol. The van der Waals surface area contributed by atoms with E-state index in [2.05, 4.69) is 9.57 Å². The zero-order chi connectivity index (χ0) is 8.27. The third kappa shape index (κ3) is 1.50. The molecule has 0 spiro atoms. The Kier molecular flexibility index (Phi) is 2.45. The van der Waals surface area contributed by atoms with E-state index in [0.717, 1.165) is 0 Å². The summed E-state index contributed by atoms with van der Waals surface area (Å²) in [4.78, 5) is 15.7. The van der Waals surface area contributed by atoms with Gasteiger partial charge in [-0.1, -0.05) is 0 Å². The van der Waals surface area contributed by atoms with E-state index < -0.39 is 5.97 Å². The maximum atomic E-state index is 10.9. The molecule has 0 fully saturated rings. The number of methoxy groups -OCH3 is 1. The van der Waals surface area contributed by atoms with Gasteiger partial charge in [0.05, 0.1) is 7.11 Å². The summed E-state index contributed by atoms with van der Waals surface area (Å²) in [6.45, 7) is 0. The molecule has 0 aliphatic rings. The molecule has 0 aliphatic heterocycles. The molecular formula is C6H7NO3S. The highest BCUT2D eigenvalue weighted by Gasteiger charge is 2.13. The van der Waals surface area contributed by atoms with Crippen molar-refractivity contribution < 1.29 is 14.4 Å². The molecule has 0 saturated heterocycles. The molecule has 0 amide bonds. The summed E-state index contributed by atoms with van der Waals surface area (Å²) < 4.78 is 4.47. The van der Waals surface area contributed by atoms with Crippen molar-refractivity contribution in [1.82, 2.24) is 0 Å². The molecule has 0 radical (unpaired) electrons. The van der Waals surface area contributed by atoms with Crippen LogP contribution in [0.2, 0.25) is 0 Å². The molecule has 60 valence electrons. The first-order valence-corrected chi connectivity index (χ1v) is 3.70. The van der Waals surface area contributed by atoms with Gasteiger partial charge in [0.25, 0.3) is 0 Å². The number of nitrogens with two attached hydrogens (primary N) is 1. The third-order valence-corrected chi connectivity index (χ3v) is 2.00. The van der Waals surface area contributed by atoms with Gasteiger partial charge in [-0.2, -0.15) is 5.90 Å². The Hall–Kier alpha value is -1.07. The summed E-state index contributed by atoms with van der Waals surface area (Å²) in [6, 6.07) is 1.61. The fourth-order valence-corrected chi connectivity index (χ4v) is 1.37. The van der Waals surface area contributed by atoms with E-state index in [1.54, 1.807) is 11.4 Å². The largest absolute Gasteiger partial charge is 0.465 e. The standard InChI is InChI=1S/C6H7NO3S/c1-9-6(8)5-4(10-7)2-3-11-5/h2-3H,7H2,1H3. The number of hydrogen-bond acceptors (Lipinski definition) is 5. The molecule has 0 aliphatic carbocycles. The molecule has 0 aromatic carbocycles. The normalized spacial score (nSPS) is 9.27. The SMILES string of the molecule is COC(=O)c1sccc1ON. The highest BCUT2D eigenvalue weighted by Crippen LogP contribution is 2.24. The summed E-state index contributed by atoms with van der Waals surface area (Å²) in [5.41, 5.74) is 0. The lowest BCUT2D eigenvalue weighted by Crippen LogP contribution is -2.06. The number of esters is 1. The van der Waals surface area contributed by atoms with E-state index in [1.165, 1.54) is 18.4 Å². The molecule has 4 nitrogen and oxygen atoms in total. The van der Waals surface area contributed by atoms with Crippen LogP contribution in [-0.2, 0) is 4.74 Å². The number of carbonyl (C=O) groups excluding carboxylic acids is 1. The Morgan fingerprint density at radius 3 is 3.00 bits per heavy atom. The Morgan fingerprint density at radius 2 is 2.45 bits per heavy atom. The van der Waals surface area contributed by atoms with Crippen LogP contribution in [0.4, 0.5) is 0 Å². The minimum Gasteiger partial charge on any atom is -0.465 e. The average Bonchev–Trinajstić information content (AvgIpc) is 2.50. The van der Waals surface area contributed by atoms with Crippen LogP contribution in [0.5, 0.6) is 5.75 Å². The van der Waals surface area contributed by atoms with E-state index in [1.807, 2.05) is 0 Å². The topological polar surface area (TPSA) is 61.5 Å². The zero-order valence-electron chi connectivity index (χ0n) is 5.87. The van der Waals surface area contributed by atoms with Gasteiger partial charge in [-0.05, 0) is 11.4 Å². The first kappa shape index (κ1) is 8.03. The second-order valence-electron chi connectivity index (χ2n) is 1.72. The summed E-state index contributed by atoms with van der Waals surface area (Å²) in [7, 11) is 1.31. The van der Waals surface area contributed by atoms with Crippen molar-refractivity contribution in [2.75, 3.05) is 7.11 Å². The minimum absolute atomic E-state index is 0.349. The van der Waals surface area contributed by atoms with Crippen LogP contribution >= 0.6 is 11.3 Å². The van der Waals surface area contributed by atoms with Gasteiger partial charge < -0.3 is 9.57 Å². The predicted molar refractivity (Wildman–Crippen MR) is 40.5 cm³/mol. The van der Waals surface area contributed by atoms with Crippen LogP contribution in [0.15, 0.2) is 11.4 Å². The first-order valence-electron chi connectivity index (χ1n) is 2.82. The molecule has 5 heteroatoms. The van der Waals surface area contributed by atoms with Gasteiger partial charge >= 0.3 is 5.97 Å². The lowest BCUT2D eigenvalue weighted by molar-refractivity contribution is 0.0602. The minimum atomic E-state index is -0.430. The molecule has 0 atom stereocenters. The van der Waals surface area contributed by atoms with Crippen molar-refractivity contribution in [1.29, 1.82) is 0 Å². The number of carbonyl (C=O) groups is 1. The molecule has 1 aromatic heterocycles. The number of rotatable bonds is 2. The van der Waals surface area contributed by atoms with Gasteiger partial charge in [-0.3, -0.25) is 0 Å². The highest BCUT2D eigenvalue weighted by molar-refractivity contribution is 7.12. The molecule has 0 saturated carbocycles. The van der Waals surface area contributed by atoms with E-state index in [0.29, 0.717) is 10.6 Å².